The first-order chi connectivity index (χ1) is 11.0. The Bertz CT molecular complexity index is 413. The Morgan fingerprint density at radius 3 is 2.65 bits per heavy atom. The molecule has 0 radical (unpaired) electrons. The summed E-state index contributed by atoms with van der Waals surface area (Å²) in [4.78, 5) is 18.1. The minimum Gasteiger partial charge on any atom is -0.357 e. The molecule has 0 aromatic carbocycles. The van der Waals surface area contributed by atoms with Crippen LogP contribution in [0, 0.1) is 5.92 Å². The van der Waals surface area contributed by atoms with Crippen molar-refractivity contribution in [3.05, 3.63) is 0 Å². The third kappa shape index (κ3) is 5.90. The highest BCUT2D eigenvalue weighted by Gasteiger charge is 2.29. The highest BCUT2D eigenvalue weighted by molar-refractivity contribution is 8.00. The first kappa shape index (κ1) is 18.4. The maximum atomic E-state index is 11.4. The summed E-state index contributed by atoms with van der Waals surface area (Å²) in [5.74, 6) is 3.04. The van der Waals surface area contributed by atoms with E-state index < -0.39 is 0 Å². The lowest BCUT2D eigenvalue weighted by atomic mass is 9.97. The average Bonchev–Trinajstić information content (AvgIpc) is 2.97. The molecule has 2 fully saturated rings. The molecule has 2 aliphatic heterocycles. The van der Waals surface area contributed by atoms with E-state index in [2.05, 4.69) is 36.2 Å². The molecule has 0 aromatic rings. The Hall–Kier alpha value is -0.910. The number of guanidine groups is 1. The van der Waals surface area contributed by atoms with Gasteiger partial charge in [-0.2, -0.15) is 11.8 Å². The fraction of sp³-hybridized carbons (Fsp3) is 0.882. The van der Waals surface area contributed by atoms with Crippen LogP contribution < -0.4 is 10.6 Å². The van der Waals surface area contributed by atoms with E-state index in [0.29, 0.717) is 10.7 Å². The number of likely N-dealkylation sites (tertiary alicyclic amines) is 1. The number of nitrogens with zero attached hydrogens (tertiary/aromatic N) is 2. The molecule has 2 saturated heterocycles. The van der Waals surface area contributed by atoms with Crippen molar-refractivity contribution < 1.29 is 4.79 Å². The van der Waals surface area contributed by atoms with Gasteiger partial charge in [0.25, 0.3) is 0 Å². The monoisotopic (exact) mass is 340 g/mol. The van der Waals surface area contributed by atoms with Gasteiger partial charge in [-0.1, -0.05) is 0 Å². The summed E-state index contributed by atoms with van der Waals surface area (Å²) in [6.45, 7) is 10.6. The molecule has 1 unspecified atom stereocenters. The lowest BCUT2D eigenvalue weighted by molar-refractivity contribution is -0.130. The SMILES string of the molecule is CCNC(=NCC1(C)CCCS1)NCC1CCN(C(C)=O)CC1. The Labute approximate surface area is 145 Å². The quantitative estimate of drug-likeness (QED) is 0.594. The summed E-state index contributed by atoms with van der Waals surface area (Å²) in [5, 5.41) is 6.86. The lowest BCUT2D eigenvalue weighted by Crippen LogP contribution is -2.44. The Morgan fingerprint density at radius 2 is 2.09 bits per heavy atom. The standard InChI is InChI=1S/C17H32N4OS/c1-4-18-16(20-13-17(3)8-5-11-23-17)19-12-15-6-9-21(10-7-15)14(2)22/h15H,4-13H2,1-3H3,(H2,18,19,20). The number of thioether (sulfide) groups is 1. The average molecular weight is 341 g/mol. The van der Waals surface area contributed by atoms with Gasteiger partial charge in [0.1, 0.15) is 0 Å². The molecule has 2 rings (SSSR count). The van der Waals surface area contributed by atoms with Crippen LogP contribution in [-0.2, 0) is 4.79 Å². The Balaban J connectivity index is 1.77. The summed E-state index contributed by atoms with van der Waals surface area (Å²) < 4.78 is 0.315. The number of hydrogen-bond donors (Lipinski definition) is 2. The number of rotatable bonds is 5. The van der Waals surface area contributed by atoms with Crippen LogP contribution in [0.2, 0.25) is 0 Å². The fourth-order valence-electron chi connectivity index (χ4n) is 3.24. The van der Waals surface area contributed by atoms with Gasteiger partial charge in [0, 0.05) is 37.8 Å². The largest absolute Gasteiger partial charge is 0.357 e. The summed E-state index contributed by atoms with van der Waals surface area (Å²) in [7, 11) is 0. The number of carbonyl (C=O) groups excluding carboxylic acids is 1. The molecule has 0 bridgehead atoms. The molecule has 6 heteroatoms. The highest BCUT2D eigenvalue weighted by Crippen LogP contribution is 2.37. The van der Waals surface area contributed by atoms with E-state index in [0.717, 1.165) is 51.5 Å². The zero-order valence-electron chi connectivity index (χ0n) is 14.9. The van der Waals surface area contributed by atoms with Crippen LogP contribution in [0.3, 0.4) is 0 Å². The first-order valence-electron chi connectivity index (χ1n) is 8.94. The van der Waals surface area contributed by atoms with E-state index >= 15 is 0 Å². The normalized spacial score (nSPS) is 26.4. The zero-order chi connectivity index (χ0) is 16.7. The maximum absolute atomic E-state index is 11.4. The third-order valence-corrected chi connectivity index (χ3v) is 6.36. The van der Waals surface area contributed by atoms with Gasteiger partial charge < -0.3 is 15.5 Å². The molecule has 0 spiro atoms. The van der Waals surface area contributed by atoms with Crippen molar-refractivity contribution in [3.8, 4) is 0 Å². The van der Waals surface area contributed by atoms with Gasteiger partial charge in [-0.25, -0.2) is 0 Å². The van der Waals surface area contributed by atoms with Gasteiger partial charge in [-0.3, -0.25) is 9.79 Å². The van der Waals surface area contributed by atoms with Crippen molar-refractivity contribution in [2.75, 3.05) is 38.5 Å². The second kappa shape index (κ2) is 8.81. The highest BCUT2D eigenvalue weighted by atomic mass is 32.2. The zero-order valence-corrected chi connectivity index (χ0v) is 15.7. The molecule has 1 amide bonds. The second-order valence-electron chi connectivity index (χ2n) is 6.93. The van der Waals surface area contributed by atoms with E-state index in [1.54, 1.807) is 6.92 Å². The molecule has 1 atom stereocenters. The molecule has 2 N–H and O–H groups in total. The van der Waals surface area contributed by atoms with E-state index in [1.165, 1.54) is 18.6 Å². The fourth-order valence-corrected chi connectivity index (χ4v) is 4.47. The van der Waals surface area contributed by atoms with Gasteiger partial charge >= 0.3 is 0 Å². The van der Waals surface area contributed by atoms with Crippen molar-refractivity contribution in [3.63, 3.8) is 0 Å². The number of aliphatic imine (C=N–C) groups is 1. The Kier molecular flexibility index (Phi) is 7.06. The topological polar surface area (TPSA) is 56.7 Å². The van der Waals surface area contributed by atoms with Crippen LogP contribution in [0.25, 0.3) is 0 Å². The van der Waals surface area contributed by atoms with Crippen LogP contribution in [0.4, 0.5) is 0 Å². The smallest absolute Gasteiger partial charge is 0.219 e. The molecule has 0 aromatic heterocycles. The number of amides is 1. The molecular weight excluding hydrogens is 308 g/mol. The molecule has 2 aliphatic rings. The third-order valence-electron chi connectivity index (χ3n) is 4.83. The molecule has 5 nitrogen and oxygen atoms in total. The summed E-state index contributed by atoms with van der Waals surface area (Å²) >= 11 is 2.05. The van der Waals surface area contributed by atoms with Gasteiger partial charge in [0.05, 0.1) is 6.54 Å². The molecule has 0 saturated carbocycles. The van der Waals surface area contributed by atoms with Crippen molar-refractivity contribution in [2.45, 2.75) is 51.2 Å². The molecule has 23 heavy (non-hydrogen) atoms. The van der Waals surface area contributed by atoms with Crippen molar-refractivity contribution in [2.24, 2.45) is 10.9 Å². The van der Waals surface area contributed by atoms with Crippen LogP contribution in [0.5, 0.6) is 0 Å². The predicted octanol–water partition coefficient (Wildman–Crippen LogP) is 2.09. The summed E-state index contributed by atoms with van der Waals surface area (Å²) in [6, 6.07) is 0. The van der Waals surface area contributed by atoms with Crippen molar-refractivity contribution in [1.29, 1.82) is 0 Å². The maximum Gasteiger partial charge on any atom is 0.219 e. The Morgan fingerprint density at radius 1 is 1.35 bits per heavy atom. The molecule has 2 heterocycles. The number of carbonyl (C=O) groups is 1. The van der Waals surface area contributed by atoms with E-state index in [1.807, 2.05) is 4.90 Å². The van der Waals surface area contributed by atoms with Crippen LogP contribution in [-0.4, -0.2) is 60.0 Å². The molecule has 132 valence electrons. The number of hydrogen-bond acceptors (Lipinski definition) is 3. The van der Waals surface area contributed by atoms with Gasteiger partial charge in [0.2, 0.25) is 5.91 Å². The lowest BCUT2D eigenvalue weighted by Gasteiger charge is -2.31. The van der Waals surface area contributed by atoms with Crippen molar-refractivity contribution in [1.82, 2.24) is 15.5 Å². The van der Waals surface area contributed by atoms with Crippen LogP contribution >= 0.6 is 11.8 Å². The minimum absolute atomic E-state index is 0.202. The van der Waals surface area contributed by atoms with Gasteiger partial charge in [-0.15, -0.1) is 0 Å². The van der Waals surface area contributed by atoms with E-state index in [4.69, 9.17) is 4.99 Å². The van der Waals surface area contributed by atoms with Crippen molar-refractivity contribution >= 4 is 23.6 Å². The van der Waals surface area contributed by atoms with Gasteiger partial charge in [-0.05, 0) is 51.2 Å². The van der Waals surface area contributed by atoms with E-state index in [9.17, 15) is 4.79 Å². The summed E-state index contributed by atoms with van der Waals surface area (Å²) in [5.41, 5.74) is 0. The van der Waals surface area contributed by atoms with Crippen LogP contribution in [0.15, 0.2) is 4.99 Å². The molecule has 0 aliphatic carbocycles. The van der Waals surface area contributed by atoms with Crippen LogP contribution in [0.1, 0.15) is 46.5 Å². The van der Waals surface area contributed by atoms with Gasteiger partial charge in [0.15, 0.2) is 5.96 Å². The second-order valence-corrected chi connectivity index (χ2v) is 8.61. The number of nitrogens with one attached hydrogen (secondary N) is 2. The number of piperidine rings is 1. The first-order valence-corrected chi connectivity index (χ1v) is 9.92. The predicted molar refractivity (Wildman–Crippen MR) is 99.1 cm³/mol. The molecular formula is C17H32N4OS. The van der Waals surface area contributed by atoms with E-state index in [-0.39, 0.29) is 5.91 Å². The minimum atomic E-state index is 0.202. The summed E-state index contributed by atoms with van der Waals surface area (Å²) in [6.07, 6.45) is 4.75.